The molecule has 6 nitrogen and oxygen atoms in total. The maximum Gasteiger partial charge on any atom is 0.239 e. The zero-order chi connectivity index (χ0) is 21.5. The van der Waals surface area contributed by atoms with Gasteiger partial charge in [-0.15, -0.1) is 0 Å². The highest BCUT2D eigenvalue weighted by atomic mass is 16.5. The fourth-order valence-corrected chi connectivity index (χ4v) is 3.15. The smallest absolute Gasteiger partial charge is 0.239 e. The van der Waals surface area contributed by atoms with Crippen molar-refractivity contribution in [3.8, 4) is 17.2 Å². The van der Waals surface area contributed by atoms with Crippen molar-refractivity contribution in [2.45, 2.75) is 6.42 Å². The number of carbonyl (C=O) groups is 2. The Morgan fingerprint density at radius 1 is 0.733 bits per heavy atom. The molecular weight excluding hydrogens is 382 g/mol. The average molecular weight is 405 g/mol. The molecule has 0 aliphatic heterocycles. The number of methoxy groups -OCH3 is 3. The number of nitrogens with zero attached hydrogens (tertiary/aromatic N) is 1. The lowest BCUT2D eigenvalue weighted by atomic mass is 10.1. The second-order valence-electron chi connectivity index (χ2n) is 6.41. The van der Waals surface area contributed by atoms with Crippen LogP contribution in [0.2, 0.25) is 0 Å². The van der Waals surface area contributed by atoms with E-state index in [4.69, 9.17) is 14.2 Å². The summed E-state index contributed by atoms with van der Waals surface area (Å²) < 4.78 is 15.9. The van der Waals surface area contributed by atoms with Crippen LogP contribution in [0.1, 0.15) is 16.8 Å². The van der Waals surface area contributed by atoms with E-state index in [1.165, 1.54) is 26.2 Å². The predicted molar refractivity (Wildman–Crippen MR) is 115 cm³/mol. The summed E-state index contributed by atoms with van der Waals surface area (Å²) in [7, 11) is 4.44. The third-order valence-electron chi connectivity index (χ3n) is 4.58. The van der Waals surface area contributed by atoms with Crippen molar-refractivity contribution in [1.82, 2.24) is 0 Å². The molecule has 0 aliphatic carbocycles. The monoisotopic (exact) mass is 405 g/mol. The molecule has 0 fully saturated rings. The van der Waals surface area contributed by atoms with Crippen LogP contribution in [0.4, 0.5) is 11.4 Å². The minimum atomic E-state index is -0.351. The summed E-state index contributed by atoms with van der Waals surface area (Å²) in [5, 5.41) is 0. The Morgan fingerprint density at radius 2 is 1.20 bits per heavy atom. The maximum atomic E-state index is 13.2. The molecule has 0 N–H and O–H groups in total. The number of hydrogen-bond donors (Lipinski definition) is 0. The average Bonchev–Trinajstić information content (AvgIpc) is 2.79. The third kappa shape index (κ3) is 4.43. The van der Waals surface area contributed by atoms with Gasteiger partial charge in [-0.1, -0.05) is 36.4 Å². The van der Waals surface area contributed by atoms with Gasteiger partial charge >= 0.3 is 0 Å². The number of hydrogen-bond acceptors (Lipinski definition) is 5. The number of ketones is 1. The molecule has 0 radical (unpaired) electrons. The highest BCUT2D eigenvalue weighted by Gasteiger charge is 2.23. The number of ether oxygens (including phenoxy) is 3. The number of rotatable bonds is 8. The fourth-order valence-electron chi connectivity index (χ4n) is 3.15. The second kappa shape index (κ2) is 9.60. The van der Waals surface area contributed by atoms with Gasteiger partial charge in [0.05, 0.1) is 27.8 Å². The lowest BCUT2D eigenvalue weighted by Crippen LogP contribution is -2.28. The summed E-state index contributed by atoms with van der Waals surface area (Å²) in [5.41, 5.74) is 1.68. The molecule has 6 heteroatoms. The highest BCUT2D eigenvalue weighted by molar-refractivity contribution is 6.14. The van der Waals surface area contributed by atoms with Crippen LogP contribution in [0.15, 0.2) is 72.8 Å². The zero-order valence-corrected chi connectivity index (χ0v) is 17.1. The topological polar surface area (TPSA) is 65.1 Å². The van der Waals surface area contributed by atoms with Crippen LogP contribution < -0.4 is 19.1 Å². The predicted octanol–water partition coefficient (Wildman–Crippen LogP) is 4.65. The summed E-state index contributed by atoms with van der Waals surface area (Å²) in [5.74, 6) is 0.409. The largest absolute Gasteiger partial charge is 0.493 e. The van der Waals surface area contributed by atoms with E-state index < -0.39 is 0 Å². The van der Waals surface area contributed by atoms with Gasteiger partial charge in [-0.2, -0.15) is 0 Å². The van der Waals surface area contributed by atoms with Gasteiger partial charge in [0.25, 0.3) is 0 Å². The van der Waals surface area contributed by atoms with E-state index in [1.54, 1.807) is 12.1 Å². The minimum absolute atomic E-state index is 0.305. The first-order chi connectivity index (χ1) is 14.6. The van der Waals surface area contributed by atoms with E-state index in [0.717, 1.165) is 0 Å². The number of benzene rings is 3. The molecule has 0 spiro atoms. The molecule has 3 aromatic rings. The number of para-hydroxylation sites is 2. The Labute approximate surface area is 175 Å². The van der Waals surface area contributed by atoms with Gasteiger partial charge in [-0.3, -0.25) is 14.5 Å². The molecule has 0 aromatic heterocycles. The second-order valence-corrected chi connectivity index (χ2v) is 6.41. The molecule has 0 saturated carbocycles. The van der Waals surface area contributed by atoms with E-state index in [-0.39, 0.29) is 18.1 Å². The molecule has 1 amide bonds. The zero-order valence-electron chi connectivity index (χ0n) is 17.1. The Morgan fingerprint density at radius 3 is 1.60 bits per heavy atom. The summed E-state index contributed by atoms with van der Waals surface area (Å²) >= 11 is 0. The molecule has 30 heavy (non-hydrogen) atoms. The SMILES string of the molecule is COc1cc(C(=O)CC(=O)N(c2ccccc2)c2ccccc2)cc(OC)c1OC. The van der Waals surface area contributed by atoms with Crippen LogP contribution in [0.25, 0.3) is 0 Å². The van der Waals surface area contributed by atoms with Crippen LogP contribution in [0.3, 0.4) is 0 Å². The van der Waals surface area contributed by atoms with Gasteiger partial charge in [-0.05, 0) is 36.4 Å². The van der Waals surface area contributed by atoms with Crippen molar-refractivity contribution in [1.29, 1.82) is 0 Å². The first-order valence-electron chi connectivity index (χ1n) is 9.35. The van der Waals surface area contributed by atoms with Crippen molar-refractivity contribution in [3.05, 3.63) is 78.4 Å². The van der Waals surface area contributed by atoms with E-state index >= 15 is 0 Å². The standard InChI is InChI=1S/C24H23NO5/c1-28-21-14-17(15-22(29-2)24(21)30-3)20(26)16-23(27)25(18-10-6-4-7-11-18)19-12-8-5-9-13-19/h4-15H,16H2,1-3H3. The molecular formula is C24H23NO5. The normalized spacial score (nSPS) is 10.2. The first kappa shape index (κ1) is 20.9. The van der Waals surface area contributed by atoms with Crippen molar-refractivity contribution >= 4 is 23.1 Å². The summed E-state index contributed by atoms with van der Waals surface area (Å²) in [6, 6.07) is 21.5. The molecule has 0 unspecified atom stereocenters. The van der Waals surface area contributed by atoms with Gasteiger partial charge in [-0.25, -0.2) is 0 Å². The van der Waals surface area contributed by atoms with Crippen LogP contribution in [-0.2, 0) is 4.79 Å². The van der Waals surface area contributed by atoms with E-state index in [0.29, 0.717) is 34.2 Å². The van der Waals surface area contributed by atoms with Gasteiger partial charge in [0.15, 0.2) is 17.3 Å². The van der Waals surface area contributed by atoms with Gasteiger partial charge in [0.1, 0.15) is 0 Å². The van der Waals surface area contributed by atoms with Gasteiger partial charge < -0.3 is 14.2 Å². The van der Waals surface area contributed by atoms with Crippen molar-refractivity contribution in [2.24, 2.45) is 0 Å². The van der Waals surface area contributed by atoms with Crippen LogP contribution in [0.5, 0.6) is 17.2 Å². The molecule has 0 atom stereocenters. The quantitative estimate of drug-likeness (QED) is 0.403. The fraction of sp³-hybridized carbons (Fsp3) is 0.167. The summed E-state index contributed by atoms with van der Waals surface area (Å²) in [6.07, 6.45) is -0.317. The summed E-state index contributed by atoms with van der Waals surface area (Å²) in [6.45, 7) is 0. The molecule has 0 bridgehead atoms. The third-order valence-corrected chi connectivity index (χ3v) is 4.58. The van der Waals surface area contributed by atoms with Gasteiger partial charge in [0.2, 0.25) is 11.7 Å². The number of anilines is 2. The highest BCUT2D eigenvalue weighted by Crippen LogP contribution is 2.38. The lowest BCUT2D eigenvalue weighted by molar-refractivity contribution is -0.117. The van der Waals surface area contributed by atoms with Gasteiger partial charge in [0, 0.05) is 16.9 Å². The molecule has 0 heterocycles. The first-order valence-corrected chi connectivity index (χ1v) is 9.35. The molecule has 154 valence electrons. The van der Waals surface area contributed by atoms with Crippen LogP contribution >= 0.6 is 0 Å². The Balaban J connectivity index is 1.92. The lowest BCUT2D eigenvalue weighted by Gasteiger charge is -2.23. The number of Topliss-reactive ketones (excluding diaryl/α,β-unsaturated/α-hetero) is 1. The maximum absolute atomic E-state index is 13.2. The van der Waals surface area contributed by atoms with Crippen LogP contribution in [-0.4, -0.2) is 33.0 Å². The molecule has 3 rings (SSSR count). The molecule has 0 saturated heterocycles. The van der Waals surface area contributed by atoms with Crippen molar-refractivity contribution in [3.63, 3.8) is 0 Å². The number of amides is 1. The summed E-state index contributed by atoms with van der Waals surface area (Å²) in [4.78, 5) is 27.7. The number of carbonyl (C=O) groups excluding carboxylic acids is 2. The Hall–Kier alpha value is -3.80. The molecule has 3 aromatic carbocycles. The van der Waals surface area contributed by atoms with Crippen molar-refractivity contribution in [2.75, 3.05) is 26.2 Å². The Kier molecular flexibility index (Phi) is 6.70. The minimum Gasteiger partial charge on any atom is -0.493 e. The van der Waals surface area contributed by atoms with E-state index in [2.05, 4.69) is 0 Å². The Bertz CT molecular complexity index is 954. The van der Waals surface area contributed by atoms with Crippen LogP contribution in [0, 0.1) is 0 Å². The molecule has 0 aliphatic rings. The van der Waals surface area contributed by atoms with Crippen molar-refractivity contribution < 1.29 is 23.8 Å². The van der Waals surface area contributed by atoms with E-state index in [1.807, 2.05) is 60.7 Å². The van der Waals surface area contributed by atoms with E-state index in [9.17, 15) is 9.59 Å².